The van der Waals surface area contributed by atoms with Crippen LogP contribution in [0.15, 0.2) is 39.9 Å². The van der Waals surface area contributed by atoms with Gasteiger partial charge in [0, 0.05) is 4.47 Å². The lowest BCUT2D eigenvalue weighted by Crippen LogP contribution is -2.25. The van der Waals surface area contributed by atoms with Crippen molar-refractivity contribution in [1.29, 1.82) is 0 Å². The van der Waals surface area contributed by atoms with Crippen LogP contribution in [0.1, 0.15) is 5.56 Å². The van der Waals surface area contributed by atoms with E-state index in [0.29, 0.717) is 17.1 Å². The van der Waals surface area contributed by atoms with E-state index in [2.05, 4.69) is 26.5 Å². The SMILES string of the molecule is COc1ccc(/C=N\NC(=O)COc2c(F)cc(Br)cc2F)cc1OC. The Morgan fingerprint density at radius 2 is 1.81 bits per heavy atom. The molecule has 0 bridgehead atoms. The van der Waals surface area contributed by atoms with E-state index in [1.54, 1.807) is 18.2 Å². The van der Waals surface area contributed by atoms with Crippen LogP contribution < -0.4 is 19.6 Å². The van der Waals surface area contributed by atoms with Gasteiger partial charge in [0.05, 0.1) is 20.4 Å². The summed E-state index contributed by atoms with van der Waals surface area (Å²) in [5.41, 5.74) is 2.84. The fourth-order valence-corrected chi connectivity index (χ4v) is 2.35. The standard InChI is InChI=1S/C17H15BrF2N2O4/c1-24-14-4-3-10(5-15(14)25-2)8-21-22-16(23)9-26-17-12(19)6-11(18)7-13(17)20/h3-8H,9H2,1-2H3,(H,22,23)/b21-8-. The van der Waals surface area contributed by atoms with Crippen molar-refractivity contribution in [2.75, 3.05) is 20.8 Å². The molecule has 0 spiro atoms. The molecule has 2 aromatic carbocycles. The second kappa shape index (κ2) is 9.14. The summed E-state index contributed by atoms with van der Waals surface area (Å²) in [6, 6.07) is 7.12. The summed E-state index contributed by atoms with van der Waals surface area (Å²) < 4.78 is 42.5. The predicted molar refractivity (Wildman–Crippen MR) is 94.8 cm³/mol. The highest BCUT2D eigenvalue weighted by atomic mass is 79.9. The van der Waals surface area contributed by atoms with Crippen molar-refractivity contribution in [3.63, 3.8) is 0 Å². The van der Waals surface area contributed by atoms with Gasteiger partial charge in [-0.15, -0.1) is 0 Å². The van der Waals surface area contributed by atoms with Crippen LogP contribution >= 0.6 is 15.9 Å². The van der Waals surface area contributed by atoms with E-state index in [1.807, 2.05) is 0 Å². The average molecular weight is 429 g/mol. The van der Waals surface area contributed by atoms with E-state index in [9.17, 15) is 13.6 Å². The fraction of sp³-hybridized carbons (Fsp3) is 0.176. The van der Waals surface area contributed by atoms with Crippen LogP contribution in [0.4, 0.5) is 8.78 Å². The highest BCUT2D eigenvalue weighted by molar-refractivity contribution is 9.10. The first kappa shape index (κ1) is 19.6. The molecule has 0 aliphatic carbocycles. The first-order valence-electron chi connectivity index (χ1n) is 7.26. The van der Waals surface area contributed by atoms with Crippen LogP contribution in [0.25, 0.3) is 0 Å². The molecule has 0 aliphatic rings. The molecule has 2 rings (SSSR count). The van der Waals surface area contributed by atoms with E-state index >= 15 is 0 Å². The third kappa shape index (κ3) is 5.16. The maximum atomic E-state index is 13.6. The molecule has 2 aromatic rings. The Morgan fingerprint density at radius 1 is 1.15 bits per heavy atom. The smallest absolute Gasteiger partial charge is 0.277 e. The molecule has 1 amide bonds. The molecule has 0 aromatic heterocycles. The van der Waals surface area contributed by atoms with Crippen molar-refractivity contribution in [3.05, 3.63) is 52.0 Å². The molecule has 0 saturated heterocycles. The number of carbonyl (C=O) groups is 1. The van der Waals surface area contributed by atoms with Crippen molar-refractivity contribution in [2.24, 2.45) is 5.10 Å². The molecule has 138 valence electrons. The number of amides is 1. The number of halogens is 3. The van der Waals surface area contributed by atoms with Crippen molar-refractivity contribution in [2.45, 2.75) is 0 Å². The zero-order chi connectivity index (χ0) is 19.1. The van der Waals surface area contributed by atoms with Crippen LogP contribution in [-0.4, -0.2) is 32.9 Å². The average Bonchev–Trinajstić information content (AvgIpc) is 2.60. The van der Waals surface area contributed by atoms with E-state index in [4.69, 9.17) is 14.2 Å². The highest BCUT2D eigenvalue weighted by Gasteiger charge is 2.13. The van der Waals surface area contributed by atoms with E-state index in [-0.39, 0.29) is 4.47 Å². The fourth-order valence-electron chi connectivity index (χ4n) is 1.95. The minimum atomic E-state index is -0.918. The van der Waals surface area contributed by atoms with Gasteiger partial charge in [0.25, 0.3) is 5.91 Å². The van der Waals surface area contributed by atoms with Gasteiger partial charge >= 0.3 is 0 Å². The second-order valence-corrected chi connectivity index (χ2v) is 5.81. The van der Waals surface area contributed by atoms with Gasteiger partial charge in [0.2, 0.25) is 0 Å². The number of ether oxygens (including phenoxy) is 3. The summed E-state index contributed by atoms with van der Waals surface area (Å²) >= 11 is 2.95. The zero-order valence-corrected chi connectivity index (χ0v) is 15.5. The topological polar surface area (TPSA) is 69.2 Å². The quantitative estimate of drug-likeness (QED) is 0.542. The second-order valence-electron chi connectivity index (χ2n) is 4.89. The third-order valence-electron chi connectivity index (χ3n) is 3.12. The first-order valence-corrected chi connectivity index (χ1v) is 8.05. The van der Waals surface area contributed by atoms with Gasteiger partial charge in [-0.05, 0) is 35.9 Å². The molecular formula is C17H15BrF2N2O4. The monoisotopic (exact) mass is 428 g/mol. The molecule has 0 aliphatic heterocycles. The molecule has 0 radical (unpaired) electrons. The lowest BCUT2D eigenvalue weighted by atomic mass is 10.2. The van der Waals surface area contributed by atoms with E-state index < -0.39 is 29.9 Å². The maximum absolute atomic E-state index is 13.6. The van der Waals surface area contributed by atoms with Crippen LogP contribution in [0.3, 0.4) is 0 Å². The van der Waals surface area contributed by atoms with E-state index in [1.165, 1.54) is 20.4 Å². The summed E-state index contributed by atoms with van der Waals surface area (Å²) in [6.07, 6.45) is 1.38. The van der Waals surface area contributed by atoms with Gasteiger partial charge in [-0.3, -0.25) is 4.79 Å². The lowest BCUT2D eigenvalue weighted by Gasteiger charge is -2.08. The number of hydrazone groups is 1. The van der Waals surface area contributed by atoms with Gasteiger partial charge < -0.3 is 14.2 Å². The number of nitrogens with zero attached hydrogens (tertiary/aromatic N) is 1. The van der Waals surface area contributed by atoms with Gasteiger partial charge in [0.1, 0.15) is 0 Å². The predicted octanol–water partition coefficient (Wildman–Crippen LogP) is 3.27. The van der Waals surface area contributed by atoms with Crippen LogP contribution in [0.5, 0.6) is 17.2 Å². The van der Waals surface area contributed by atoms with Crippen LogP contribution in [0, 0.1) is 11.6 Å². The lowest BCUT2D eigenvalue weighted by molar-refractivity contribution is -0.123. The summed E-state index contributed by atoms with van der Waals surface area (Å²) in [5.74, 6) is -2.08. The molecule has 0 heterocycles. The molecular weight excluding hydrogens is 414 g/mol. The first-order chi connectivity index (χ1) is 12.4. The molecule has 1 N–H and O–H groups in total. The Morgan fingerprint density at radius 3 is 2.42 bits per heavy atom. The van der Waals surface area contributed by atoms with Gasteiger partial charge in [0.15, 0.2) is 35.5 Å². The molecule has 0 fully saturated rings. The Hall–Kier alpha value is -2.68. The van der Waals surface area contributed by atoms with Crippen molar-refractivity contribution >= 4 is 28.1 Å². The van der Waals surface area contributed by atoms with Crippen LogP contribution in [-0.2, 0) is 4.79 Å². The number of hydrogen-bond donors (Lipinski definition) is 1. The molecule has 26 heavy (non-hydrogen) atoms. The highest BCUT2D eigenvalue weighted by Crippen LogP contribution is 2.27. The number of carbonyl (C=O) groups excluding carboxylic acids is 1. The number of rotatable bonds is 7. The normalized spacial score (nSPS) is 10.7. The third-order valence-corrected chi connectivity index (χ3v) is 3.58. The number of nitrogens with one attached hydrogen (secondary N) is 1. The van der Waals surface area contributed by atoms with E-state index in [0.717, 1.165) is 12.1 Å². The minimum Gasteiger partial charge on any atom is -0.493 e. The van der Waals surface area contributed by atoms with Gasteiger partial charge in [-0.2, -0.15) is 5.10 Å². The Bertz CT molecular complexity index is 807. The number of methoxy groups -OCH3 is 2. The Labute approximate surface area is 156 Å². The zero-order valence-electron chi connectivity index (χ0n) is 13.9. The Balaban J connectivity index is 1.92. The largest absolute Gasteiger partial charge is 0.493 e. The van der Waals surface area contributed by atoms with Gasteiger partial charge in [-0.1, -0.05) is 15.9 Å². The number of hydrogen-bond acceptors (Lipinski definition) is 5. The minimum absolute atomic E-state index is 0.226. The van der Waals surface area contributed by atoms with Crippen molar-refractivity contribution in [3.8, 4) is 17.2 Å². The molecule has 9 heteroatoms. The van der Waals surface area contributed by atoms with Crippen molar-refractivity contribution < 1.29 is 27.8 Å². The molecule has 0 saturated carbocycles. The summed E-state index contributed by atoms with van der Waals surface area (Å²) in [7, 11) is 3.02. The van der Waals surface area contributed by atoms with Crippen molar-refractivity contribution in [1.82, 2.24) is 5.43 Å². The molecule has 0 atom stereocenters. The summed E-state index contributed by atoms with van der Waals surface area (Å²) in [6.45, 7) is -0.598. The molecule has 6 nitrogen and oxygen atoms in total. The van der Waals surface area contributed by atoms with Gasteiger partial charge in [-0.25, -0.2) is 14.2 Å². The summed E-state index contributed by atoms with van der Waals surface area (Å²) in [4.78, 5) is 11.7. The number of benzene rings is 2. The van der Waals surface area contributed by atoms with Crippen LogP contribution in [0.2, 0.25) is 0 Å². The Kier molecular flexibility index (Phi) is 6.90. The summed E-state index contributed by atoms with van der Waals surface area (Å²) in [5, 5.41) is 3.75. The molecule has 0 unspecified atom stereocenters. The maximum Gasteiger partial charge on any atom is 0.277 e.